The van der Waals surface area contributed by atoms with Crippen molar-refractivity contribution in [2.45, 2.75) is 46.1 Å². The molecule has 5 nitrogen and oxygen atoms in total. The van der Waals surface area contributed by atoms with Gasteiger partial charge in [0.1, 0.15) is 6.04 Å². The summed E-state index contributed by atoms with van der Waals surface area (Å²) >= 11 is 0. The predicted octanol–water partition coefficient (Wildman–Crippen LogP) is 0.977. The van der Waals surface area contributed by atoms with Crippen molar-refractivity contribution in [3.8, 4) is 0 Å². The molecule has 0 fully saturated rings. The Labute approximate surface area is 103 Å². The Morgan fingerprint density at radius 3 is 2.24 bits per heavy atom. The van der Waals surface area contributed by atoms with E-state index in [1.165, 1.54) is 0 Å². The number of carbonyl (C=O) groups is 2. The van der Waals surface area contributed by atoms with Crippen molar-refractivity contribution < 1.29 is 14.7 Å². The highest BCUT2D eigenvalue weighted by molar-refractivity contribution is 5.83. The molecule has 0 aromatic carbocycles. The Morgan fingerprint density at radius 1 is 1.29 bits per heavy atom. The maximum Gasteiger partial charge on any atom is 0.326 e. The van der Waals surface area contributed by atoms with E-state index >= 15 is 0 Å². The molecule has 0 rings (SSSR count). The summed E-state index contributed by atoms with van der Waals surface area (Å²) < 4.78 is 0. The van der Waals surface area contributed by atoms with Gasteiger partial charge >= 0.3 is 5.97 Å². The molecule has 0 saturated carbocycles. The number of hydrogen-bond donors (Lipinski definition) is 3. The van der Waals surface area contributed by atoms with E-state index in [1.54, 1.807) is 0 Å². The topological polar surface area (TPSA) is 92.4 Å². The monoisotopic (exact) mass is 244 g/mol. The zero-order valence-electron chi connectivity index (χ0n) is 10.9. The zero-order chi connectivity index (χ0) is 13.4. The number of carboxylic acids is 1. The lowest BCUT2D eigenvalue weighted by molar-refractivity contribution is -0.143. The molecule has 0 aromatic heterocycles. The van der Waals surface area contributed by atoms with Gasteiger partial charge in [-0.3, -0.25) is 4.79 Å². The summed E-state index contributed by atoms with van der Waals surface area (Å²) in [7, 11) is 0. The third-order valence-electron chi connectivity index (χ3n) is 3.18. The summed E-state index contributed by atoms with van der Waals surface area (Å²) in [5, 5.41) is 11.6. The van der Waals surface area contributed by atoms with E-state index < -0.39 is 12.0 Å². The molecule has 0 spiro atoms. The van der Waals surface area contributed by atoms with E-state index in [0.29, 0.717) is 19.4 Å². The number of amides is 1. The Hall–Kier alpha value is -1.10. The van der Waals surface area contributed by atoms with Crippen molar-refractivity contribution in [1.29, 1.82) is 0 Å². The fourth-order valence-electron chi connectivity index (χ4n) is 1.57. The van der Waals surface area contributed by atoms with Crippen molar-refractivity contribution >= 4 is 11.9 Å². The van der Waals surface area contributed by atoms with E-state index in [0.717, 1.165) is 6.42 Å². The molecule has 100 valence electrons. The lowest BCUT2D eigenvalue weighted by atomic mass is 9.97. The molecule has 17 heavy (non-hydrogen) atoms. The number of carboxylic acid groups (broad SMARTS) is 1. The molecule has 3 atom stereocenters. The zero-order valence-corrected chi connectivity index (χ0v) is 10.9. The largest absolute Gasteiger partial charge is 0.480 e. The van der Waals surface area contributed by atoms with Gasteiger partial charge in [-0.2, -0.15) is 0 Å². The first kappa shape index (κ1) is 15.9. The van der Waals surface area contributed by atoms with E-state index in [9.17, 15) is 9.59 Å². The molecule has 0 bridgehead atoms. The standard InChI is InChI=1S/C12H24N2O3/c1-4-8(3)11(12(16)17)14-10(15)6-9(5-2)7-13/h8-9,11H,4-7,13H2,1-3H3,(H,14,15)(H,16,17)/t8?,9?,11-/m0/s1. The molecule has 4 N–H and O–H groups in total. The second-order valence-corrected chi connectivity index (χ2v) is 4.48. The van der Waals surface area contributed by atoms with Gasteiger partial charge in [-0.25, -0.2) is 4.79 Å². The molecule has 0 saturated heterocycles. The SMILES string of the molecule is CCC(CN)CC(=O)N[C@H](C(=O)O)C(C)CC. The van der Waals surface area contributed by atoms with Crippen molar-refractivity contribution in [2.24, 2.45) is 17.6 Å². The minimum Gasteiger partial charge on any atom is -0.480 e. The molecule has 0 heterocycles. The highest BCUT2D eigenvalue weighted by atomic mass is 16.4. The fourth-order valence-corrected chi connectivity index (χ4v) is 1.57. The van der Waals surface area contributed by atoms with Crippen LogP contribution in [0, 0.1) is 11.8 Å². The van der Waals surface area contributed by atoms with E-state index in [-0.39, 0.29) is 17.7 Å². The van der Waals surface area contributed by atoms with Gasteiger partial charge in [0.05, 0.1) is 0 Å². The summed E-state index contributed by atoms with van der Waals surface area (Å²) in [6.45, 7) is 6.14. The van der Waals surface area contributed by atoms with Crippen molar-refractivity contribution in [2.75, 3.05) is 6.54 Å². The van der Waals surface area contributed by atoms with Gasteiger partial charge in [-0.1, -0.05) is 33.6 Å². The van der Waals surface area contributed by atoms with Crippen molar-refractivity contribution in [3.05, 3.63) is 0 Å². The maximum atomic E-state index is 11.7. The first-order valence-electron chi connectivity index (χ1n) is 6.18. The summed E-state index contributed by atoms with van der Waals surface area (Å²) in [5.41, 5.74) is 5.51. The first-order chi connectivity index (χ1) is 7.96. The van der Waals surface area contributed by atoms with Crippen LogP contribution in [0.15, 0.2) is 0 Å². The maximum absolute atomic E-state index is 11.7. The van der Waals surface area contributed by atoms with Crippen LogP contribution in [0.1, 0.15) is 40.0 Å². The Kier molecular flexibility index (Phi) is 7.54. The summed E-state index contributed by atoms with van der Waals surface area (Å²) in [6, 6.07) is -0.803. The van der Waals surface area contributed by atoms with Gasteiger partial charge < -0.3 is 16.2 Å². The fraction of sp³-hybridized carbons (Fsp3) is 0.833. The smallest absolute Gasteiger partial charge is 0.326 e. The highest BCUT2D eigenvalue weighted by Gasteiger charge is 2.25. The van der Waals surface area contributed by atoms with Gasteiger partial charge in [0.2, 0.25) is 5.91 Å². The lowest BCUT2D eigenvalue weighted by Crippen LogP contribution is -2.45. The van der Waals surface area contributed by atoms with Crippen LogP contribution in [-0.4, -0.2) is 29.6 Å². The number of rotatable bonds is 8. The minimum absolute atomic E-state index is 0.0746. The summed E-state index contributed by atoms with van der Waals surface area (Å²) in [4.78, 5) is 22.7. The molecular formula is C12H24N2O3. The van der Waals surface area contributed by atoms with Gasteiger partial charge in [0.15, 0.2) is 0 Å². The molecule has 0 aromatic rings. The number of carbonyl (C=O) groups excluding carboxylic acids is 1. The third kappa shape index (κ3) is 5.68. The molecule has 2 unspecified atom stereocenters. The van der Waals surface area contributed by atoms with Gasteiger partial charge in [0, 0.05) is 6.42 Å². The molecule has 0 aliphatic carbocycles. The number of nitrogens with two attached hydrogens (primary N) is 1. The average Bonchev–Trinajstić information content (AvgIpc) is 2.31. The quantitative estimate of drug-likeness (QED) is 0.593. The molecule has 1 amide bonds. The van der Waals surface area contributed by atoms with Crippen LogP contribution in [0.3, 0.4) is 0 Å². The summed E-state index contributed by atoms with van der Waals surface area (Å²) in [5.74, 6) is -1.15. The molecule has 0 aliphatic rings. The van der Waals surface area contributed by atoms with Gasteiger partial charge in [0.25, 0.3) is 0 Å². The number of hydrogen-bond acceptors (Lipinski definition) is 3. The van der Waals surface area contributed by atoms with Crippen LogP contribution in [-0.2, 0) is 9.59 Å². The lowest BCUT2D eigenvalue weighted by Gasteiger charge is -2.21. The minimum atomic E-state index is -0.978. The summed E-state index contributed by atoms with van der Waals surface area (Å²) in [6.07, 6.45) is 1.84. The normalized spacial score (nSPS) is 16.0. The second-order valence-electron chi connectivity index (χ2n) is 4.48. The van der Waals surface area contributed by atoms with Gasteiger partial charge in [-0.05, 0) is 18.4 Å². The van der Waals surface area contributed by atoms with E-state index in [4.69, 9.17) is 10.8 Å². The van der Waals surface area contributed by atoms with Gasteiger partial charge in [-0.15, -0.1) is 0 Å². The van der Waals surface area contributed by atoms with Crippen molar-refractivity contribution in [1.82, 2.24) is 5.32 Å². The third-order valence-corrected chi connectivity index (χ3v) is 3.18. The predicted molar refractivity (Wildman–Crippen MR) is 66.5 cm³/mol. The molecule has 0 aliphatic heterocycles. The van der Waals surface area contributed by atoms with Crippen LogP contribution in [0.4, 0.5) is 0 Å². The van der Waals surface area contributed by atoms with Crippen LogP contribution in [0.2, 0.25) is 0 Å². The van der Waals surface area contributed by atoms with Crippen LogP contribution >= 0.6 is 0 Å². The second kappa shape index (κ2) is 8.06. The van der Waals surface area contributed by atoms with E-state index in [1.807, 2.05) is 20.8 Å². The molecule has 0 radical (unpaired) electrons. The van der Waals surface area contributed by atoms with Crippen LogP contribution in [0.5, 0.6) is 0 Å². The van der Waals surface area contributed by atoms with Crippen molar-refractivity contribution in [3.63, 3.8) is 0 Å². The molecular weight excluding hydrogens is 220 g/mol. The average molecular weight is 244 g/mol. The Morgan fingerprint density at radius 2 is 1.88 bits per heavy atom. The number of nitrogens with one attached hydrogen (secondary N) is 1. The number of aliphatic carboxylic acids is 1. The Balaban J connectivity index is 4.36. The Bertz CT molecular complexity index is 252. The van der Waals surface area contributed by atoms with Crippen LogP contribution in [0.25, 0.3) is 0 Å². The van der Waals surface area contributed by atoms with E-state index in [2.05, 4.69) is 5.32 Å². The molecule has 5 heteroatoms. The first-order valence-corrected chi connectivity index (χ1v) is 6.18. The highest BCUT2D eigenvalue weighted by Crippen LogP contribution is 2.10. The van der Waals surface area contributed by atoms with Crippen LogP contribution < -0.4 is 11.1 Å².